The maximum absolute atomic E-state index is 10.9. The summed E-state index contributed by atoms with van der Waals surface area (Å²) in [7, 11) is 0. The fourth-order valence-electron chi connectivity index (χ4n) is 3.05. The molecule has 1 aliphatic carbocycles. The molecule has 0 heterocycles. The van der Waals surface area contributed by atoms with Crippen LogP contribution in [0.4, 0.5) is 0 Å². The molecule has 0 spiro atoms. The minimum atomic E-state index is -0.965. The molecule has 0 saturated heterocycles. The highest BCUT2D eigenvalue weighted by Crippen LogP contribution is 2.44. The number of rotatable bonds is 7. The zero-order chi connectivity index (χ0) is 16.2. The molecule has 2 aromatic carbocycles. The molecule has 1 atom stereocenters. The van der Waals surface area contributed by atoms with E-state index in [1.165, 1.54) is 22.3 Å². The first-order valence-corrected chi connectivity index (χ1v) is 7.64. The Hall–Kier alpha value is -2.21. The lowest BCUT2D eigenvalue weighted by Crippen LogP contribution is -2.43. The predicted octanol–water partition coefficient (Wildman–Crippen LogP) is 1.77. The second-order valence-electron chi connectivity index (χ2n) is 5.57. The van der Waals surface area contributed by atoms with Gasteiger partial charge >= 0.3 is 5.97 Å². The summed E-state index contributed by atoms with van der Waals surface area (Å²) in [4.78, 5) is 10.9. The normalized spacial score (nSPS) is 14.3. The van der Waals surface area contributed by atoms with Gasteiger partial charge in [0.15, 0.2) is 0 Å². The van der Waals surface area contributed by atoms with Gasteiger partial charge in [-0.15, -0.1) is 0 Å². The number of fused-ring (bicyclic) bond motifs is 3. The lowest BCUT2D eigenvalue weighted by Gasteiger charge is -2.16. The summed E-state index contributed by atoms with van der Waals surface area (Å²) in [6.07, 6.45) is 0. The van der Waals surface area contributed by atoms with Crippen LogP contribution in [0.3, 0.4) is 0 Å². The van der Waals surface area contributed by atoms with Gasteiger partial charge in [0.05, 0.1) is 13.3 Å². The molecule has 1 aliphatic rings. The van der Waals surface area contributed by atoms with E-state index in [4.69, 9.17) is 15.6 Å². The van der Waals surface area contributed by atoms with Crippen LogP contribution in [0.25, 0.3) is 11.1 Å². The third kappa shape index (κ3) is 3.12. The maximum atomic E-state index is 10.9. The van der Waals surface area contributed by atoms with Crippen LogP contribution in [-0.2, 0) is 9.53 Å². The van der Waals surface area contributed by atoms with E-state index in [0.29, 0.717) is 6.61 Å². The molecule has 0 fully saturated rings. The van der Waals surface area contributed by atoms with Crippen molar-refractivity contribution in [1.29, 1.82) is 0 Å². The van der Waals surface area contributed by atoms with Crippen molar-refractivity contribution in [3.8, 4) is 11.1 Å². The van der Waals surface area contributed by atoms with Crippen molar-refractivity contribution in [3.05, 3.63) is 59.7 Å². The minimum absolute atomic E-state index is 0.0355. The Morgan fingerprint density at radius 2 is 1.70 bits per heavy atom. The summed E-state index contributed by atoms with van der Waals surface area (Å²) in [6, 6.07) is 15.9. The van der Waals surface area contributed by atoms with E-state index in [1.807, 2.05) is 24.3 Å². The van der Waals surface area contributed by atoms with E-state index in [-0.39, 0.29) is 19.2 Å². The molecule has 0 aliphatic heterocycles. The topological polar surface area (TPSA) is 84.6 Å². The van der Waals surface area contributed by atoms with Crippen molar-refractivity contribution >= 4 is 5.97 Å². The number of hydrogen-bond donors (Lipinski definition) is 3. The monoisotopic (exact) mass is 312 g/mol. The molecular weight excluding hydrogens is 292 g/mol. The van der Waals surface area contributed by atoms with Crippen LogP contribution >= 0.6 is 0 Å². The molecule has 0 radical (unpaired) electrons. The number of carboxylic acid groups (broad SMARTS) is 1. The number of nitrogens with two attached hydrogens (primary N) is 1. The van der Waals surface area contributed by atoms with E-state index in [2.05, 4.69) is 29.6 Å². The number of ether oxygens (including phenoxy) is 1. The van der Waals surface area contributed by atoms with E-state index >= 15 is 0 Å². The van der Waals surface area contributed by atoms with Crippen molar-refractivity contribution in [1.82, 2.24) is 5.32 Å². The molecule has 0 saturated carbocycles. The number of carboxylic acids is 1. The van der Waals surface area contributed by atoms with Gasteiger partial charge in [0, 0.05) is 12.5 Å². The molecule has 5 heteroatoms. The average Bonchev–Trinajstić information content (AvgIpc) is 2.89. The number of carbonyl (C=O) groups is 1. The summed E-state index contributed by atoms with van der Waals surface area (Å²) in [6.45, 7) is 0.695. The summed E-state index contributed by atoms with van der Waals surface area (Å²) in [5.74, 6) is -0.794. The van der Waals surface area contributed by atoms with Crippen molar-refractivity contribution in [2.45, 2.75) is 12.0 Å². The largest absolute Gasteiger partial charge is 0.480 e. The zero-order valence-corrected chi connectivity index (χ0v) is 12.7. The number of hydrogen-bond acceptors (Lipinski definition) is 4. The average molecular weight is 312 g/mol. The molecule has 5 nitrogen and oxygen atoms in total. The lowest BCUT2D eigenvalue weighted by molar-refractivity contribution is -0.139. The molecule has 3 rings (SSSR count). The maximum Gasteiger partial charge on any atom is 0.322 e. The first-order chi connectivity index (χ1) is 11.2. The van der Waals surface area contributed by atoms with Gasteiger partial charge in [0.25, 0.3) is 0 Å². The molecule has 0 bridgehead atoms. The minimum Gasteiger partial charge on any atom is -0.480 e. The second kappa shape index (κ2) is 6.91. The second-order valence-corrected chi connectivity index (χ2v) is 5.57. The zero-order valence-electron chi connectivity index (χ0n) is 12.7. The molecule has 0 amide bonds. The van der Waals surface area contributed by atoms with Gasteiger partial charge in [-0.1, -0.05) is 48.5 Å². The van der Waals surface area contributed by atoms with E-state index in [9.17, 15) is 4.79 Å². The number of nitrogens with one attached hydrogen (secondary N) is 1. The molecule has 0 aromatic heterocycles. The van der Waals surface area contributed by atoms with Gasteiger partial charge in [-0.05, 0) is 22.3 Å². The van der Waals surface area contributed by atoms with Crippen LogP contribution < -0.4 is 11.1 Å². The number of benzene rings is 2. The van der Waals surface area contributed by atoms with Gasteiger partial charge in [0.1, 0.15) is 6.04 Å². The molecule has 0 unspecified atom stereocenters. The van der Waals surface area contributed by atoms with Gasteiger partial charge in [0.2, 0.25) is 0 Å². The van der Waals surface area contributed by atoms with Gasteiger partial charge in [-0.2, -0.15) is 0 Å². The Labute approximate surface area is 135 Å². The van der Waals surface area contributed by atoms with Crippen LogP contribution in [0.2, 0.25) is 0 Å². The number of aliphatic carboxylic acids is 1. The fraction of sp³-hybridized carbons (Fsp3) is 0.278. The quantitative estimate of drug-likeness (QED) is 0.536. The van der Waals surface area contributed by atoms with Crippen molar-refractivity contribution < 1.29 is 14.6 Å². The summed E-state index contributed by atoms with van der Waals surface area (Å²) < 4.78 is 5.68. The van der Waals surface area contributed by atoms with E-state index in [0.717, 1.165) is 0 Å². The van der Waals surface area contributed by atoms with Gasteiger partial charge in [-0.25, -0.2) is 0 Å². The Kier molecular flexibility index (Phi) is 4.71. The third-order valence-electron chi connectivity index (χ3n) is 4.21. The van der Waals surface area contributed by atoms with Crippen LogP contribution in [0.15, 0.2) is 48.5 Å². The lowest BCUT2D eigenvalue weighted by atomic mass is 9.98. The molecule has 2 aromatic rings. The van der Waals surface area contributed by atoms with Crippen molar-refractivity contribution in [3.63, 3.8) is 0 Å². The Morgan fingerprint density at radius 3 is 2.22 bits per heavy atom. The Bertz CT molecular complexity index is 657. The SMILES string of the molecule is NC[C@H](NCOCC1c2ccccc2-c2ccccc21)C(=O)O. The highest BCUT2D eigenvalue weighted by molar-refractivity contribution is 5.78. The standard InChI is InChI=1S/C18H20N2O3/c19-9-17(18(21)22)20-11-23-10-16-14-7-3-1-5-12(14)13-6-2-4-8-15(13)16/h1-8,16-17,20H,9-11,19H2,(H,21,22)/t17-/m0/s1. The molecular formula is C18H20N2O3. The van der Waals surface area contributed by atoms with Crippen molar-refractivity contribution in [2.75, 3.05) is 19.9 Å². The van der Waals surface area contributed by atoms with E-state index in [1.54, 1.807) is 0 Å². The van der Waals surface area contributed by atoms with Crippen LogP contribution in [0, 0.1) is 0 Å². The smallest absolute Gasteiger partial charge is 0.322 e. The first kappa shape index (κ1) is 15.7. The fourth-order valence-corrected chi connectivity index (χ4v) is 3.05. The summed E-state index contributed by atoms with van der Waals surface area (Å²) >= 11 is 0. The van der Waals surface area contributed by atoms with Crippen molar-refractivity contribution in [2.24, 2.45) is 5.73 Å². The Balaban J connectivity index is 1.68. The molecule has 23 heavy (non-hydrogen) atoms. The van der Waals surface area contributed by atoms with E-state index < -0.39 is 12.0 Å². The third-order valence-corrected chi connectivity index (χ3v) is 4.21. The van der Waals surface area contributed by atoms with Gasteiger partial charge < -0.3 is 15.6 Å². The molecule has 120 valence electrons. The van der Waals surface area contributed by atoms with Crippen LogP contribution in [0.1, 0.15) is 17.0 Å². The van der Waals surface area contributed by atoms with Gasteiger partial charge in [-0.3, -0.25) is 10.1 Å². The molecule has 4 N–H and O–H groups in total. The van der Waals surface area contributed by atoms with Crippen LogP contribution in [-0.4, -0.2) is 37.0 Å². The Morgan fingerprint density at radius 1 is 1.13 bits per heavy atom. The summed E-state index contributed by atoms with van der Waals surface area (Å²) in [5.41, 5.74) is 10.4. The summed E-state index contributed by atoms with van der Waals surface area (Å²) in [5, 5.41) is 11.7. The van der Waals surface area contributed by atoms with Crippen LogP contribution in [0.5, 0.6) is 0 Å². The highest BCUT2D eigenvalue weighted by atomic mass is 16.5. The predicted molar refractivity (Wildman–Crippen MR) is 88.2 cm³/mol. The first-order valence-electron chi connectivity index (χ1n) is 7.64. The highest BCUT2D eigenvalue weighted by Gasteiger charge is 2.28.